The normalized spacial score (nSPS) is 14.9. The Hall–Kier alpha value is -2.91. The van der Waals surface area contributed by atoms with Crippen molar-refractivity contribution in [1.29, 1.82) is 0 Å². The van der Waals surface area contributed by atoms with Crippen molar-refractivity contribution >= 4 is 17.6 Å². The molecule has 0 N–H and O–H groups in total. The lowest BCUT2D eigenvalue weighted by molar-refractivity contribution is -0.139. The minimum Gasteiger partial charge on any atom is -0.461 e. The zero-order valence-corrected chi connectivity index (χ0v) is 11.7. The zero-order valence-electron chi connectivity index (χ0n) is 11.7. The first-order valence-corrected chi connectivity index (χ1v) is 6.30. The van der Waals surface area contributed by atoms with Crippen LogP contribution in [0.1, 0.15) is 12.5 Å². The van der Waals surface area contributed by atoms with E-state index in [1.807, 2.05) is 0 Å². The van der Waals surface area contributed by atoms with Crippen LogP contribution >= 0.6 is 0 Å². The number of azo groups is 2. The maximum absolute atomic E-state index is 12.8. The van der Waals surface area contributed by atoms with Gasteiger partial charge in [-0.2, -0.15) is 13.2 Å². The fourth-order valence-corrected chi connectivity index (χ4v) is 1.62. The second-order valence-electron chi connectivity index (χ2n) is 4.14. The molecule has 0 saturated heterocycles. The van der Waals surface area contributed by atoms with E-state index in [0.29, 0.717) is 0 Å². The monoisotopic (exact) mass is 326 g/mol. The van der Waals surface area contributed by atoms with Gasteiger partial charge in [0.15, 0.2) is 5.70 Å². The molecule has 0 bridgehead atoms. The van der Waals surface area contributed by atoms with Crippen LogP contribution in [0.25, 0.3) is 0 Å². The number of carbonyl (C=O) groups excluding carboxylic acids is 2. The van der Waals surface area contributed by atoms with Crippen LogP contribution in [0.5, 0.6) is 0 Å². The molecular formula is C13H9F3N4O3. The molecule has 1 amide bonds. The highest BCUT2D eigenvalue weighted by Gasteiger charge is 2.34. The van der Waals surface area contributed by atoms with Crippen molar-refractivity contribution in [2.75, 3.05) is 6.61 Å². The van der Waals surface area contributed by atoms with Crippen LogP contribution in [0.4, 0.5) is 18.9 Å². The summed E-state index contributed by atoms with van der Waals surface area (Å²) in [6.45, 7) is 1.56. The molecule has 0 unspecified atom stereocenters. The molecule has 0 atom stereocenters. The van der Waals surface area contributed by atoms with E-state index in [4.69, 9.17) is 0 Å². The number of nitrogens with zero attached hydrogens (tertiary/aromatic N) is 4. The average molecular weight is 326 g/mol. The summed E-state index contributed by atoms with van der Waals surface area (Å²) in [5, 5.41) is 13.2. The summed E-state index contributed by atoms with van der Waals surface area (Å²) in [6, 6.07) is 4.41. The van der Waals surface area contributed by atoms with Crippen LogP contribution in [0.15, 0.2) is 56.1 Å². The van der Waals surface area contributed by atoms with Crippen LogP contribution in [-0.2, 0) is 20.5 Å². The fraction of sp³-hybridized carbons (Fsp3) is 0.231. The molecule has 7 nitrogen and oxygen atoms in total. The van der Waals surface area contributed by atoms with Gasteiger partial charge in [0, 0.05) is 0 Å². The highest BCUT2D eigenvalue weighted by atomic mass is 19.4. The van der Waals surface area contributed by atoms with Crippen molar-refractivity contribution in [3.8, 4) is 0 Å². The molecular weight excluding hydrogens is 317 g/mol. The molecule has 1 heterocycles. The van der Waals surface area contributed by atoms with E-state index in [2.05, 4.69) is 25.2 Å². The first-order valence-electron chi connectivity index (χ1n) is 6.30. The van der Waals surface area contributed by atoms with Crippen LogP contribution in [0.2, 0.25) is 0 Å². The third kappa shape index (κ3) is 3.65. The Morgan fingerprint density at radius 2 is 1.91 bits per heavy atom. The second-order valence-corrected chi connectivity index (χ2v) is 4.14. The molecule has 1 aromatic rings. The maximum atomic E-state index is 12.8. The number of halogens is 3. The largest absolute Gasteiger partial charge is 0.461 e. The lowest BCUT2D eigenvalue weighted by Gasteiger charge is -2.08. The minimum atomic E-state index is -4.64. The first kappa shape index (κ1) is 16.5. The molecule has 120 valence electrons. The van der Waals surface area contributed by atoms with E-state index in [1.54, 1.807) is 0 Å². The van der Waals surface area contributed by atoms with Gasteiger partial charge in [0.25, 0.3) is 0 Å². The van der Waals surface area contributed by atoms with Gasteiger partial charge in [0.2, 0.25) is 5.70 Å². The van der Waals surface area contributed by atoms with E-state index in [-0.39, 0.29) is 6.61 Å². The Kier molecular flexibility index (Phi) is 4.63. The molecule has 0 radical (unpaired) electrons. The number of alkyl halides is 3. The molecule has 0 saturated carbocycles. The van der Waals surface area contributed by atoms with Crippen LogP contribution in [0.3, 0.4) is 0 Å². The Morgan fingerprint density at radius 1 is 1.22 bits per heavy atom. The Balaban J connectivity index is 2.38. The fourth-order valence-electron chi connectivity index (χ4n) is 1.62. The highest BCUT2D eigenvalue weighted by Crippen LogP contribution is 2.36. The number of esters is 1. The van der Waals surface area contributed by atoms with Gasteiger partial charge in [-0.25, -0.2) is 4.79 Å². The van der Waals surface area contributed by atoms with E-state index >= 15 is 0 Å². The molecule has 10 heteroatoms. The Bertz CT molecular complexity index is 738. The lowest BCUT2D eigenvalue weighted by atomic mass is 10.2. The number of benzene rings is 1. The van der Waals surface area contributed by atoms with Gasteiger partial charge >= 0.3 is 18.1 Å². The zero-order chi connectivity index (χ0) is 17.0. The van der Waals surface area contributed by atoms with Gasteiger partial charge in [0.05, 0.1) is 17.9 Å². The summed E-state index contributed by atoms with van der Waals surface area (Å²) in [4.78, 5) is 23.1. The molecule has 0 aliphatic carbocycles. The van der Waals surface area contributed by atoms with Gasteiger partial charge in [0.1, 0.15) is 0 Å². The molecule has 0 spiro atoms. The minimum absolute atomic E-state index is 0.0212. The Labute approximate surface area is 127 Å². The van der Waals surface area contributed by atoms with Crippen molar-refractivity contribution in [3.05, 3.63) is 41.2 Å². The quantitative estimate of drug-likeness (QED) is 0.625. The summed E-state index contributed by atoms with van der Waals surface area (Å²) in [5.74, 6) is -1.94. The third-order valence-electron chi connectivity index (χ3n) is 2.60. The molecule has 1 aliphatic rings. The predicted octanol–water partition coefficient (Wildman–Crippen LogP) is 3.56. The number of hydrogen-bond acceptors (Lipinski definition) is 6. The van der Waals surface area contributed by atoms with E-state index in [9.17, 15) is 22.8 Å². The Morgan fingerprint density at radius 3 is 2.57 bits per heavy atom. The summed E-state index contributed by atoms with van der Waals surface area (Å²) in [7, 11) is 0. The van der Waals surface area contributed by atoms with Crippen molar-refractivity contribution in [2.24, 2.45) is 20.5 Å². The number of carbonyl (C=O) groups is 2. The van der Waals surface area contributed by atoms with Gasteiger partial charge < -0.3 is 4.74 Å². The SMILES string of the molecule is CCOC(=O)C1=C(N=Nc2ccccc2C(F)(F)F)C(=O)N=N1. The standard InChI is InChI=1S/C13H9F3N4O3/c1-2-23-12(22)10-9(11(21)20-19-10)18-17-8-6-4-3-5-7(8)13(14,15)16/h3-6H,2H2,1H3. The summed E-state index contributed by atoms with van der Waals surface area (Å²) >= 11 is 0. The summed E-state index contributed by atoms with van der Waals surface area (Å²) in [6.07, 6.45) is -4.64. The van der Waals surface area contributed by atoms with Gasteiger partial charge in [-0.1, -0.05) is 12.1 Å². The average Bonchev–Trinajstić information content (AvgIpc) is 2.86. The second kappa shape index (κ2) is 6.46. The lowest BCUT2D eigenvalue weighted by Crippen LogP contribution is -2.08. The summed E-state index contributed by atoms with van der Waals surface area (Å²) in [5.41, 5.74) is -2.60. The smallest absolute Gasteiger partial charge is 0.418 e. The molecule has 1 aliphatic heterocycles. The van der Waals surface area contributed by atoms with Crippen molar-refractivity contribution in [1.82, 2.24) is 0 Å². The summed E-state index contributed by atoms with van der Waals surface area (Å²) < 4.78 is 43.2. The molecule has 23 heavy (non-hydrogen) atoms. The number of hydrogen-bond donors (Lipinski definition) is 0. The van der Waals surface area contributed by atoms with Crippen LogP contribution < -0.4 is 0 Å². The maximum Gasteiger partial charge on any atom is 0.418 e. The van der Waals surface area contributed by atoms with Gasteiger partial charge in [-0.05, 0) is 19.1 Å². The number of rotatable bonds is 4. The van der Waals surface area contributed by atoms with E-state index in [1.165, 1.54) is 19.1 Å². The van der Waals surface area contributed by atoms with Gasteiger partial charge in [-0.3, -0.25) is 4.79 Å². The predicted molar refractivity (Wildman–Crippen MR) is 69.5 cm³/mol. The topological polar surface area (TPSA) is 92.8 Å². The van der Waals surface area contributed by atoms with Gasteiger partial charge in [-0.15, -0.1) is 20.5 Å². The van der Waals surface area contributed by atoms with Crippen LogP contribution in [-0.4, -0.2) is 18.5 Å². The van der Waals surface area contributed by atoms with E-state index in [0.717, 1.165) is 12.1 Å². The van der Waals surface area contributed by atoms with Crippen LogP contribution in [0, 0.1) is 0 Å². The molecule has 2 rings (SSSR count). The number of amides is 1. The third-order valence-corrected chi connectivity index (χ3v) is 2.60. The van der Waals surface area contributed by atoms with E-state index < -0.39 is 40.7 Å². The molecule has 0 fully saturated rings. The molecule has 1 aromatic carbocycles. The molecule has 0 aromatic heterocycles. The van der Waals surface area contributed by atoms with Crippen molar-refractivity contribution in [3.63, 3.8) is 0 Å². The number of ether oxygens (including phenoxy) is 1. The highest BCUT2D eigenvalue weighted by molar-refractivity contribution is 6.04. The first-order chi connectivity index (χ1) is 10.8. The van der Waals surface area contributed by atoms with Crippen molar-refractivity contribution in [2.45, 2.75) is 13.1 Å². The van der Waals surface area contributed by atoms with Crippen molar-refractivity contribution < 1.29 is 27.5 Å².